The highest BCUT2D eigenvalue weighted by atomic mass is 19.1. The quantitative estimate of drug-likeness (QED) is 0.778. The SMILES string of the molecule is O=C(c1cccc(F)c1)N1CCCc2cc(F)ccc21. The lowest BCUT2D eigenvalue weighted by molar-refractivity contribution is 0.0984. The molecule has 20 heavy (non-hydrogen) atoms. The van der Waals surface area contributed by atoms with Crippen LogP contribution in [-0.4, -0.2) is 12.5 Å². The third-order valence-electron chi connectivity index (χ3n) is 3.48. The molecule has 0 atom stereocenters. The van der Waals surface area contributed by atoms with Crippen LogP contribution in [-0.2, 0) is 6.42 Å². The van der Waals surface area contributed by atoms with Crippen molar-refractivity contribution in [2.45, 2.75) is 12.8 Å². The van der Waals surface area contributed by atoms with Gasteiger partial charge in [-0.15, -0.1) is 0 Å². The maximum Gasteiger partial charge on any atom is 0.258 e. The van der Waals surface area contributed by atoms with E-state index in [1.165, 1.54) is 30.3 Å². The van der Waals surface area contributed by atoms with Crippen LogP contribution in [0.25, 0.3) is 0 Å². The maximum absolute atomic E-state index is 13.2. The predicted octanol–water partition coefficient (Wildman–Crippen LogP) is 3.56. The van der Waals surface area contributed by atoms with Crippen molar-refractivity contribution in [2.24, 2.45) is 0 Å². The normalized spacial score (nSPS) is 14.0. The van der Waals surface area contributed by atoms with Crippen molar-refractivity contribution >= 4 is 11.6 Å². The van der Waals surface area contributed by atoms with Gasteiger partial charge >= 0.3 is 0 Å². The van der Waals surface area contributed by atoms with Gasteiger partial charge in [0.25, 0.3) is 5.91 Å². The van der Waals surface area contributed by atoms with Gasteiger partial charge in [0, 0.05) is 17.8 Å². The van der Waals surface area contributed by atoms with Crippen LogP contribution in [0, 0.1) is 11.6 Å². The monoisotopic (exact) mass is 273 g/mol. The summed E-state index contributed by atoms with van der Waals surface area (Å²) in [6.07, 6.45) is 1.53. The van der Waals surface area contributed by atoms with E-state index in [9.17, 15) is 13.6 Å². The molecule has 4 heteroatoms. The largest absolute Gasteiger partial charge is 0.308 e. The molecule has 2 aromatic rings. The number of halogens is 2. The van der Waals surface area contributed by atoms with Crippen molar-refractivity contribution in [3.05, 3.63) is 65.2 Å². The molecule has 0 fully saturated rings. The number of benzene rings is 2. The summed E-state index contributed by atoms with van der Waals surface area (Å²) in [6.45, 7) is 0.563. The fraction of sp³-hybridized carbons (Fsp3) is 0.188. The highest BCUT2D eigenvalue weighted by Gasteiger charge is 2.24. The molecule has 1 aliphatic heterocycles. The molecule has 0 radical (unpaired) electrons. The third kappa shape index (κ3) is 2.29. The number of carbonyl (C=O) groups excluding carboxylic acids is 1. The molecule has 0 aromatic heterocycles. The van der Waals surface area contributed by atoms with E-state index in [0.717, 1.165) is 18.4 Å². The van der Waals surface area contributed by atoms with Gasteiger partial charge < -0.3 is 4.90 Å². The van der Waals surface area contributed by atoms with Crippen molar-refractivity contribution < 1.29 is 13.6 Å². The topological polar surface area (TPSA) is 20.3 Å². The second-order valence-electron chi connectivity index (χ2n) is 4.84. The lowest BCUT2D eigenvalue weighted by atomic mass is 10.0. The molecular weight excluding hydrogens is 260 g/mol. The highest BCUT2D eigenvalue weighted by molar-refractivity contribution is 6.06. The minimum Gasteiger partial charge on any atom is -0.308 e. The van der Waals surface area contributed by atoms with Gasteiger partial charge in [-0.05, 0) is 54.8 Å². The molecule has 0 spiro atoms. The van der Waals surface area contributed by atoms with Crippen LogP contribution in [0.2, 0.25) is 0 Å². The van der Waals surface area contributed by atoms with Gasteiger partial charge in [-0.1, -0.05) is 6.07 Å². The van der Waals surface area contributed by atoms with E-state index in [1.807, 2.05) is 0 Å². The molecule has 0 unspecified atom stereocenters. The fourth-order valence-corrected chi connectivity index (χ4v) is 2.55. The van der Waals surface area contributed by atoms with E-state index in [4.69, 9.17) is 0 Å². The summed E-state index contributed by atoms with van der Waals surface area (Å²) in [4.78, 5) is 14.1. The molecule has 1 amide bonds. The fourth-order valence-electron chi connectivity index (χ4n) is 2.55. The van der Waals surface area contributed by atoms with Crippen LogP contribution in [0.1, 0.15) is 22.3 Å². The molecule has 102 valence electrons. The number of carbonyl (C=O) groups is 1. The molecule has 0 N–H and O–H groups in total. The zero-order valence-electron chi connectivity index (χ0n) is 10.8. The Morgan fingerprint density at radius 1 is 1.05 bits per heavy atom. The predicted molar refractivity (Wildman–Crippen MR) is 72.8 cm³/mol. The number of anilines is 1. The Kier molecular flexibility index (Phi) is 3.22. The molecule has 0 bridgehead atoms. The Morgan fingerprint density at radius 3 is 2.65 bits per heavy atom. The van der Waals surface area contributed by atoms with E-state index < -0.39 is 5.82 Å². The summed E-state index contributed by atoms with van der Waals surface area (Å²) in [5.41, 5.74) is 1.84. The van der Waals surface area contributed by atoms with Crippen molar-refractivity contribution in [3.8, 4) is 0 Å². The number of hydrogen-bond donors (Lipinski definition) is 0. The van der Waals surface area contributed by atoms with Gasteiger partial charge in [-0.2, -0.15) is 0 Å². The summed E-state index contributed by atoms with van der Waals surface area (Å²) in [7, 11) is 0. The van der Waals surface area contributed by atoms with Crippen LogP contribution in [0.15, 0.2) is 42.5 Å². The Morgan fingerprint density at radius 2 is 1.85 bits per heavy atom. The van der Waals surface area contributed by atoms with Crippen molar-refractivity contribution in [1.82, 2.24) is 0 Å². The Labute approximate surface area is 115 Å². The van der Waals surface area contributed by atoms with Gasteiger partial charge in [0.05, 0.1) is 0 Å². The smallest absolute Gasteiger partial charge is 0.258 e. The van der Waals surface area contributed by atoms with Crippen LogP contribution < -0.4 is 4.90 Å². The minimum atomic E-state index is -0.438. The zero-order chi connectivity index (χ0) is 14.1. The van der Waals surface area contributed by atoms with E-state index >= 15 is 0 Å². The van der Waals surface area contributed by atoms with Gasteiger partial charge in [0.15, 0.2) is 0 Å². The average molecular weight is 273 g/mol. The minimum absolute atomic E-state index is 0.253. The Balaban J connectivity index is 1.98. The first-order valence-electron chi connectivity index (χ1n) is 6.51. The summed E-state index contributed by atoms with van der Waals surface area (Å²) >= 11 is 0. The van der Waals surface area contributed by atoms with Crippen molar-refractivity contribution in [1.29, 1.82) is 0 Å². The number of amides is 1. The van der Waals surface area contributed by atoms with Gasteiger partial charge in [0.2, 0.25) is 0 Å². The first kappa shape index (κ1) is 12.8. The lowest BCUT2D eigenvalue weighted by Gasteiger charge is -2.29. The molecule has 0 saturated carbocycles. The van der Waals surface area contributed by atoms with E-state index in [0.29, 0.717) is 17.8 Å². The van der Waals surface area contributed by atoms with E-state index in [1.54, 1.807) is 17.0 Å². The summed E-state index contributed by atoms with van der Waals surface area (Å²) in [5.74, 6) is -0.993. The number of nitrogens with zero attached hydrogens (tertiary/aromatic N) is 1. The second kappa shape index (κ2) is 5.04. The molecule has 2 aromatic carbocycles. The zero-order valence-corrected chi connectivity index (χ0v) is 10.8. The first-order valence-corrected chi connectivity index (χ1v) is 6.51. The van der Waals surface area contributed by atoms with Crippen LogP contribution in [0.3, 0.4) is 0 Å². The molecule has 3 rings (SSSR count). The van der Waals surface area contributed by atoms with Gasteiger partial charge in [-0.3, -0.25) is 4.79 Å². The molecular formula is C16H13F2NO. The molecule has 2 nitrogen and oxygen atoms in total. The van der Waals surface area contributed by atoms with Crippen LogP contribution in [0.4, 0.5) is 14.5 Å². The van der Waals surface area contributed by atoms with Gasteiger partial charge in [-0.25, -0.2) is 8.78 Å². The standard InChI is InChI=1S/C16H13F2NO/c17-13-5-1-3-12(10-13)16(20)19-8-2-4-11-9-14(18)6-7-15(11)19/h1,3,5-7,9-10H,2,4,8H2. The third-order valence-corrected chi connectivity index (χ3v) is 3.48. The van der Waals surface area contributed by atoms with Crippen molar-refractivity contribution in [3.63, 3.8) is 0 Å². The Hall–Kier alpha value is -2.23. The Bertz CT molecular complexity index is 669. The van der Waals surface area contributed by atoms with Crippen LogP contribution in [0.5, 0.6) is 0 Å². The lowest BCUT2D eigenvalue weighted by Crippen LogP contribution is -2.35. The highest BCUT2D eigenvalue weighted by Crippen LogP contribution is 2.29. The molecule has 1 heterocycles. The van der Waals surface area contributed by atoms with E-state index in [2.05, 4.69) is 0 Å². The molecule has 0 aliphatic carbocycles. The summed E-state index contributed by atoms with van der Waals surface area (Å²) in [6, 6.07) is 10.0. The van der Waals surface area contributed by atoms with Crippen LogP contribution >= 0.6 is 0 Å². The molecule has 0 saturated heterocycles. The number of rotatable bonds is 1. The van der Waals surface area contributed by atoms with Gasteiger partial charge in [0.1, 0.15) is 11.6 Å². The number of hydrogen-bond acceptors (Lipinski definition) is 1. The molecule has 1 aliphatic rings. The van der Waals surface area contributed by atoms with Crippen molar-refractivity contribution in [2.75, 3.05) is 11.4 Å². The summed E-state index contributed by atoms with van der Waals surface area (Å²) in [5, 5.41) is 0. The maximum atomic E-state index is 13.2. The average Bonchev–Trinajstić information content (AvgIpc) is 2.45. The summed E-state index contributed by atoms with van der Waals surface area (Å²) < 4.78 is 26.5. The number of fused-ring (bicyclic) bond motifs is 1. The van der Waals surface area contributed by atoms with E-state index in [-0.39, 0.29) is 11.7 Å². The first-order chi connectivity index (χ1) is 9.65. The number of aryl methyl sites for hydroxylation is 1. The second-order valence-corrected chi connectivity index (χ2v) is 4.84.